The Morgan fingerprint density at radius 1 is 1.28 bits per heavy atom. The number of H-pyrrole nitrogens is 1. The number of carbonyl (C=O) groups is 1. The number of nitrogens with two attached hydrogens (primary N) is 1. The van der Waals surface area contributed by atoms with Crippen molar-refractivity contribution in [2.75, 3.05) is 12.3 Å². The Labute approximate surface area is 192 Å². The van der Waals surface area contributed by atoms with Crippen LogP contribution in [-0.2, 0) is 19.3 Å². The van der Waals surface area contributed by atoms with Crippen molar-refractivity contribution < 1.29 is 4.79 Å². The van der Waals surface area contributed by atoms with E-state index in [2.05, 4.69) is 49.3 Å². The molecule has 32 heavy (non-hydrogen) atoms. The van der Waals surface area contributed by atoms with Gasteiger partial charge in [-0.15, -0.1) is 11.3 Å². The van der Waals surface area contributed by atoms with Gasteiger partial charge in [0.15, 0.2) is 0 Å². The zero-order chi connectivity index (χ0) is 22.5. The zero-order valence-corrected chi connectivity index (χ0v) is 19.7. The number of carbonyl (C=O) groups excluding carboxylic acids is 1. The van der Waals surface area contributed by atoms with Gasteiger partial charge in [-0.2, -0.15) is 0 Å². The number of aromatic nitrogens is 2. The topological polar surface area (TPSA) is 83.8 Å². The van der Waals surface area contributed by atoms with Gasteiger partial charge in [-0.05, 0) is 60.3 Å². The molecule has 4 aromatic rings. The maximum Gasteiger partial charge on any atom is 0.263 e. The lowest BCUT2D eigenvalue weighted by Crippen LogP contribution is -2.27. The van der Waals surface area contributed by atoms with Crippen molar-refractivity contribution in [1.29, 1.82) is 0 Å². The second-order valence-electron chi connectivity index (χ2n) is 9.96. The molecule has 0 fully saturated rings. The van der Waals surface area contributed by atoms with Crippen LogP contribution in [-0.4, -0.2) is 22.4 Å². The second-order valence-corrected chi connectivity index (χ2v) is 11.0. The molecule has 0 saturated carbocycles. The SMILES string of the molecule is CC(C)(C)C1CCc2nc3sc(C(=O)NCCc4c[nH]c5ccccc45)c(N)c3cc2C1. The predicted molar refractivity (Wildman–Crippen MR) is 133 cm³/mol. The lowest BCUT2D eigenvalue weighted by molar-refractivity contribution is 0.0959. The van der Waals surface area contributed by atoms with Crippen molar-refractivity contribution in [2.45, 2.75) is 46.5 Å². The maximum atomic E-state index is 12.9. The summed E-state index contributed by atoms with van der Waals surface area (Å²) in [6, 6.07) is 10.4. The van der Waals surface area contributed by atoms with E-state index in [0.717, 1.165) is 41.4 Å². The van der Waals surface area contributed by atoms with Crippen molar-refractivity contribution in [1.82, 2.24) is 15.3 Å². The molecule has 1 aliphatic carbocycles. The molecule has 1 amide bonds. The Bertz CT molecular complexity index is 1310. The number of aromatic amines is 1. The molecular weight excluding hydrogens is 416 g/mol. The fourth-order valence-corrected chi connectivity index (χ4v) is 5.84. The molecule has 1 atom stereocenters. The average Bonchev–Trinajstić information content (AvgIpc) is 3.32. The van der Waals surface area contributed by atoms with E-state index in [1.54, 1.807) is 0 Å². The van der Waals surface area contributed by atoms with Crippen molar-refractivity contribution in [3.8, 4) is 0 Å². The zero-order valence-electron chi connectivity index (χ0n) is 18.9. The van der Waals surface area contributed by atoms with Crippen LogP contribution in [0.1, 0.15) is 53.7 Å². The number of anilines is 1. The standard InChI is InChI=1S/C26H30N4OS/c1-26(2,3)17-8-9-20-16(12-17)13-19-22(27)23(32-25(19)30-20)24(31)28-11-10-15-14-29-21-7-5-4-6-18(15)21/h4-7,13-14,17,29H,8-12,27H2,1-3H3,(H,28,31). The lowest BCUT2D eigenvalue weighted by Gasteiger charge is -2.34. The van der Waals surface area contributed by atoms with Crippen LogP contribution >= 0.6 is 11.3 Å². The third-order valence-electron chi connectivity index (χ3n) is 6.87. The molecule has 4 N–H and O–H groups in total. The minimum Gasteiger partial charge on any atom is -0.397 e. The van der Waals surface area contributed by atoms with Crippen molar-refractivity contribution in [3.05, 3.63) is 58.2 Å². The number of rotatable bonds is 4. The fourth-order valence-electron chi connectivity index (χ4n) is 4.83. The van der Waals surface area contributed by atoms with E-state index in [9.17, 15) is 4.79 Å². The molecule has 1 unspecified atom stereocenters. The number of aryl methyl sites for hydroxylation is 1. The maximum absolute atomic E-state index is 12.9. The van der Waals surface area contributed by atoms with E-state index in [1.165, 1.54) is 33.5 Å². The van der Waals surface area contributed by atoms with Gasteiger partial charge in [0, 0.05) is 34.7 Å². The van der Waals surface area contributed by atoms with Crippen LogP contribution in [0.4, 0.5) is 5.69 Å². The first-order valence-electron chi connectivity index (χ1n) is 11.3. The summed E-state index contributed by atoms with van der Waals surface area (Å²) in [5, 5.41) is 5.17. The van der Waals surface area contributed by atoms with E-state index in [0.29, 0.717) is 23.0 Å². The highest BCUT2D eigenvalue weighted by molar-refractivity contribution is 7.21. The van der Waals surface area contributed by atoms with Gasteiger partial charge in [0.2, 0.25) is 0 Å². The number of benzene rings is 1. The predicted octanol–water partition coefficient (Wildman–Crippen LogP) is 5.48. The number of nitrogen functional groups attached to an aromatic ring is 1. The number of pyridine rings is 1. The molecule has 1 aromatic carbocycles. The first-order valence-corrected chi connectivity index (χ1v) is 12.2. The molecule has 5 rings (SSSR count). The van der Waals surface area contributed by atoms with Gasteiger partial charge >= 0.3 is 0 Å². The summed E-state index contributed by atoms with van der Waals surface area (Å²) >= 11 is 1.41. The molecule has 166 valence electrons. The lowest BCUT2D eigenvalue weighted by atomic mass is 9.71. The normalized spacial score (nSPS) is 16.4. The molecule has 0 bridgehead atoms. The van der Waals surface area contributed by atoms with Gasteiger partial charge in [0.1, 0.15) is 9.71 Å². The number of para-hydroxylation sites is 1. The Morgan fingerprint density at radius 3 is 2.91 bits per heavy atom. The summed E-state index contributed by atoms with van der Waals surface area (Å²) in [6.45, 7) is 7.50. The van der Waals surface area contributed by atoms with E-state index >= 15 is 0 Å². The molecule has 0 aliphatic heterocycles. The number of fused-ring (bicyclic) bond motifs is 3. The van der Waals surface area contributed by atoms with Gasteiger partial charge in [-0.3, -0.25) is 4.79 Å². The third kappa shape index (κ3) is 3.77. The monoisotopic (exact) mass is 446 g/mol. The van der Waals surface area contributed by atoms with Crippen LogP contribution in [0.3, 0.4) is 0 Å². The Kier molecular flexibility index (Phi) is 5.20. The van der Waals surface area contributed by atoms with Gasteiger partial charge in [0.25, 0.3) is 5.91 Å². The number of thiophene rings is 1. The largest absolute Gasteiger partial charge is 0.397 e. The molecule has 0 spiro atoms. The van der Waals surface area contributed by atoms with Gasteiger partial charge in [-0.1, -0.05) is 39.0 Å². The quantitative estimate of drug-likeness (QED) is 0.388. The summed E-state index contributed by atoms with van der Waals surface area (Å²) in [5.74, 6) is 0.525. The van der Waals surface area contributed by atoms with Crippen LogP contribution < -0.4 is 11.1 Å². The van der Waals surface area contributed by atoms with Crippen LogP contribution in [0.25, 0.3) is 21.1 Å². The minimum absolute atomic E-state index is 0.115. The van der Waals surface area contributed by atoms with Crippen LogP contribution in [0, 0.1) is 11.3 Å². The van der Waals surface area contributed by atoms with Crippen LogP contribution in [0.15, 0.2) is 36.5 Å². The van der Waals surface area contributed by atoms with E-state index in [4.69, 9.17) is 10.7 Å². The van der Waals surface area contributed by atoms with E-state index in [1.807, 2.05) is 18.3 Å². The first-order chi connectivity index (χ1) is 15.3. The van der Waals surface area contributed by atoms with Gasteiger partial charge < -0.3 is 16.0 Å². The number of nitrogens with one attached hydrogen (secondary N) is 2. The first kappa shape index (κ1) is 21.0. The highest BCUT2D eigenvalue weighted by atomic mass is 32.1. The Morgan fingerprint density at radius 2 is 2.09 bits per heavy atom. The third-order valence-corrected chi connectivity index (χ3v) is 7.99. The summed E-state index contributed by atoms with van der Waals surface area (Å²) in [4.78, 5) is 22.5. The fraction of sp³-hybridized carbons (Fsp3) is 0.385. The Balaban J connectivity index is 1.33. The summed E-state index contributed by atoms with van der Waals surface area (Å²) in [6.07, 6.45) is 5.97. The van der Waals surface area contributed by atoms with Gasteiger partial charge in [0.05, 0.1) is 5.69 Å². The van der Waals surface area contributed by atoms with Crippen molar-refractivity contribution >= 4 is 44.1 Å². The van der Waals surface area contributed by atoms with Gasteiger partial charge in [-0.25, -0.2) is 4.98 Å². The number of amides is 1. The Hall–Kier alpha value is -2.86. The summed E-state index contributed by atoms with van der Waals surface area (Å²) in [5.41, 5.74) is 12.1. The summed E-state index contributed by atoms with van der Waals surface area (Å²) < 4.78 is 0. The highest BCUT2D eigenvalue weighted by Crippen LogP contribution is 2.40. The molecule has 3 heterocycles. The van der Waals surface area contributed by atoms with Crippen molar-refractivity contribution in [2.24, 2.45) is 11.3 Å². The molecule has 0 radical (unpaired) electrons. The average molecular weight is 447 g/mol. The number of hydrogen-bond acceptors (Lipinski definition) is 4. The molecule has 1 aliphatic rings. The molecular formula is C26H30N4OS. The van der Waals surface area contributed by atoms with E-state index < -0.39 is 0 Å². The smallest absolute Gasteiger partial charge is 0.263 e. The summed E-state index contributed by atoms with van der Waals surface area (Å²) in [7, 11) is 0. The second kappa shape index (κ2) is 7.93. The van der Waals surface area contributed by atoms with E-state index in [-0.39, 0.29) is 11.3 Å². The van der Waals surface area contributed by atoms with Crippen LogP contribution in [0.2, 0.25) is 0 Å². The van der Waals surface area contributed by atoms with Crippen LogP contribution in [0.5, 0.6) is 0 Å². The number of nitrogens with zero attached hydrogens (tertiary/aromatic N) is 1. The molecule has 6 heteroatoms. The molecule has 3 aromatic heterocycles. The molecule has 5 nitrogen and oxygen atoms in total. The van der Waals surface area contributed by atoms with Crippen molar-refractivity contribution in [3.63, 3.8) is 0 Å². The number of hydrogen-bond donors (Lipinski definition) is 3. The minimum atomic E-state index is -0.115. The molecule has 0 saturated heterocycles. The highest BCUT2D eigenvalue weighted by Gasteiger charge is 2.30.